The number of hydrogen-bond donors (Lipinski definition) is 1. The molecule has 1 aliphatic rings. The van der Waals surface area contributed by atoms with Gasteiger partial charge in [0, 0.05) is 11.6 Å². The minimum atomic E-state index is -0.798. The molecule has 24 heavy (non-hydrogen) atoms. The van der Waals surface area contributed by atoms with Crippen LogP contribution >= 0.6 is 0 Å². The Labute approximate surface area is 141 Å². The first-order valence-electron chi connectivity index (χ1n) is 7.72. The Hall–Kier alpha value is -2.77. The number of nitrogens with zero attached hydrogens (tertiary/aromatic N) is 1. The van der Waals surface area contributed by atoms with Gasteiger partial charge in [0.25, 0.3) is 0 Å². The summed E-state index contributed by atoms with van der Waals surface area (Å²) in [4.78, 5) is 0. The highest BCUT2D eigenvalue weighted by Gasteiger charge is 2.30. The van der Waals surface area contributed by atoms with E-state index in [9.17, 15) is 5.11 Å². The standard InChI is InChI=1S/C20H19NO3/c1-20(2)11-17(16-9-8-15(23-3)10-18(16)24-20)19(22)14-6-4-13(12-21)5-7-14/h4-11,19,22H,1-3H3. The van der Waals surface area contributed by atoms with Crippen molar-refractivity contribution in [2.75, 3.05) is 7.11 Å². The predicted molar refractivity (Wildman–Crippen MR) is 91.8 cm³/mol. The average Bonchev–Trinajstić information content (AvgIpc) is 2.59. The molecule has 0 aromatic heterocycles. The number of aliphatic hydroxyl groups is 1. The summed E-state index contributed by atoms with van der Waals surface area (Å²) in [5, 5.41) is 19.8. The van der Waals surface area contributed by atoms with Crippen LogP contribution in [0.15, 0.2) is 48.5 Å². The maximum atomic E-state index is 10.9. The molecule has 3 rings (SSSR count). The van der Waals surface area contributed by atoms with Crippen LogP contribution < -0.4 is 9.47 Å². The van der Waals surface area contributed by atoms with E-state index in [0.717, 1.165) is 16.7 Å². The first-order chi connectivity index (χ1) is 11.4. The summed E-state index contributed by atoms with van der Waals surface area (Å²) in [6.07, 6.45) is 1.14. The molecular weight excluding hydrogens is 302 g/mol. The number of methoxy groups -OCH3 is 1. The molecule has 0 saturated heterocycles. The average molecular weight is 321 g/mol. The van der Waals surface area contributed by atoms with E-state index in [-0.39, 0.29) is 0 Å². The molecule has 0 amide bonds. The van der Waals surface area contributed by atoms with E-state index in [1.807, 2.05) is 38.1 Å². The van der Waals surface area contributed by atoms with Crippen LogP contribution in [0.1, 0.15) is 36.6 Å². The van der Waals surface area contributed by atoms with Crippen molar-refractivity contribution < 1.29 is 14.6 Å². The smallest absolute Gasteiger partial charge is 0.131 e. The maximum absolute atomic E-state index is 10.9. The van der Waals surface area contributed by atoms with Gasteiger partial charge < -0.3 is 14.6 Å². The van der Waals surface area contributed by atoms with Crippen molar-refractivity contribution in [2.24, 2.45) is 0 Å². The number of ether oxygens (including phenoxy) is 2. The number of aliphatic hydroxyl groups excluding tert-OH is 1. The Morgan fingerprint density at radius 3 is 2.50 bits per heavy atom. The molecule has 0 fully saturated rings. The van der Waals surface area contributed by atoms with Crippen molar-refractivity contribution in [3.63, 3.8) is 0 Å². The van der Waals surface area contributed by atoms with Crippen molar-refractivity contribution in [2.45, 2.75) is 25.6 Å². The van der Waals surface area contributed by atoms with Gasteiger partial charge in [-0.15, -0.1) is 0 Å². The molecule has 0 aliphatic carbocycles. The fraction of sp³-hybridized carbons (Fsp3) is 0.250. The van der Waals surface area contributed by atoms with Gasteiger partial charge >= 0.3 is 0 Å². The summed E-state index contributed by atoms with van der Waals surface area (Å²) in [5.41, 5.74) is 2.39. The van der Waals surface area contributed by atoms with Gasteiger partial charge in [-0.25, -0.2) is 0 Å². The van der Waals surface area contributed by atoms with Crippen LogP contribution in [0.3, 0.4) is 0 Å². The van der Waals surface area contributed by atoms with Crippen LogP contribution in [0.25, 0.3) is 5.57 Å². The van der Waals surface area contributed by atoms with Gasteiger partial charge in [0.05, 0.1) is 18.7 Å². The third-order valence-electron chi connectivity index (χ3n) is 4.03. The highest BCUT2D eigenvalue weighted by Crippen LogP contribution is 2.43. The highest BCUT2D eigenvalue weighted by atomic mass is 16.5. The molecule has 1 atom stereocenters. The second kappa shape index (κ2) is 6.03. The van der Waals surface area contributed by atoms with Gasteiger partial charge in [-0.05, 0) is 55.3 Å². The Morgan fingerprint density at radius 2 is 1.88 bits per heavy atom. The summed E-state index contributed by atoms with van der Waals surface area (Å²) < 4.78 is 11.3. The van der Waals surface area contributed by atoms with E-state index in [1.54, 1.807) is 31.4 Å². The van der Waals surface area contributed by atoms with Gasteiger partial charge in [-0.2, -0.15) is 5.26 Å². The third kappa shape index (κ3) is 2.99. The number of benzene rings is 2. The number of rotatable bonds is 3. The molecule has 0 bridgehead atoms. The zero-order chi connectivity index (χ0) is 17.3. The van der Waals surface area contributed by atoms with Gasteiger partial charge in [-0.1, -0.05) is 12.1 Å². The Morgan fingerprint density at radius 1 is 1.17 bits per heavy atom. The summed E-state index contributed by atoms with van der Waals surface area (Å²) in [7, 11) is 1.61. The minimum Gasteiger partial charge on any atom is -0.497 e. The molecule has 4 nitrogen and oxygen atoms in total. The first-order valence-corrected chi connectivity index (χ1v) is 7.72. The Balaban J connectivity index is 2.05. The Bertz CT molecular complexity index is 829. The minimum absolute atomic E-state index is 0.539. The molecule has 1 aliphatic heterocycles. The zero-order valence-corrected chi connectivity index (χ0v) is 13.9. The molecule has 4 heteroatoms. The quantitative estimate of drug-likeness (QED) is 0.932. The van der Waals surface area contributed by atoms with Crippen molar-refractivity contribution in [1.82, 2.24) is 0 Å². The van der Waals surface area contributed by atoms with E-state index in [2.05, 4.69) is 6.07 Å². The van der Waals surface area contributed by atoms with Crippen LogP contribution in [0.5, 0.6) is 11.5 Å². The van der Waals surface area contributed by atoms with Crippen molar-refractivity contribution in [3.8, 4) is 17.6 Å². The SMILES string of the molecule is COc1ccc2c(c1)OC(C)(C)C=C2C(O)c1ccc(C#N)cc1. The van der Waals surface area contributed by atoms with E-state index in [4.69, 9.17) is 14.7 Å². The van der Waals surface area contributed by atoms with Crippen LogP contribution in [0.2, 0.25) is 0 Å². The fourth-order valence-electron chi connectivity index (χ4n) is 2.86. The summed E-state index contributed by atoms with van der Waals surface area (Å²) in [5.74, 6) is 1.39. The van der Waals surface area contributed by atoms with Crippen LogP contribution in [-0.2, 0) is 0 Å². The van der Waals surface area contributed by atoms with Crippen molar-refractivity contribution >= 4 is 5.57 Å². The van der Waals surface area contributed by atoms with E-state index < -0.39 is 11.7 Å². The summed E-state index contributed by atoms with van der Waals surface area (Å²) in [6.45, 7) is 3.89. The lowest BCUT2D eigenvalue weighted by molar-refractivity contribution is 0.152. The van der Waals surface area contributed by atoms with E-state index >= 15 is 0 Å². The molecule has 2 aromatic rings. The first kappa shape index (κ1) is 16.1. The van der Waals surface area contributed by atoms with Gasteiger partial charge in [0.15, 0.2) is 0 Å². The summed E-state index contributed by atoms with van der Waals surface area (Å²) >= 11 is 0. The molecular formula is C20H19NO3. The number of fused-ring (bicyclic) bond motifs is 1. The lowest BCUT2D eigenvalue weighted by Gasteiger charge is -2.33. The van der Waals surface area contributed by atoms with Crippen LogP contribution in [-0.4, -0.2) is 17.8 Å². The van der Waals surface area contributed by atoms with Gasteiger partial charge in [-0.3, -0.25) is 0 Å². The number of nitriles is 1. The highest BCUT2D eigenvalue weighted by molar-refractivity contribution is 5.77. The molecule has 2 aromatic carbocycles. The largest absolute Gasteiger partial charge is 0.497 e. The molecule has 122 valence electrons. The zero-order valence-electron chi connectivity index (χ0n) is 13.9. The van der Waals surface area contributed by atoms with Gasteiger partial charge in [0.1, 0.15) is 23.2 Å². The van der Waals surface area contributed by atoms with Gasteiger partial charge in [0.2, 0.25) is 0 Å². The molecule has 0 spiro atoms. The number of hydrogen-bond acceptors (Lipinski definition) is 4. The lowest BCUT2D eigenvalue weighted by Crippen LogP contribution is -2.30. The van der Waals surface area contributed by atoms with Crippen molar-refractivity contribution in [3.05, 3.63) is 65.2 Å². The van der Waals surface area contributed by atoms with Crippen molar-refractivity contribution in [1.29, 1.82) is 5.26 Å². The van der Waals surface area contributed by atoms with Crippen LogP contribution in [0.4, 0.5) is 0 Å². The normalized spacial score (nSPS) is 16.2. The predicted octanol–water partition coefficient (Wildman–Crippen LogP) is 3.85. The van der Waals surface area contributed by atoms with Crippen LogP contribution in [0, 0.1) is 11.3 Å². The van der Waals surface area contributed by atoms with E-state index in [1.165, 1.54) is 0 Å². The lowest BCUT2D eigenvalue weighted by atomic mass is 9.88. The maximum Gasteiger partial charge on any atom is 0.131 e. The molecule has 1 N–H and O–H groups in total. The fourth-order valence-corrected chi connectivity index (χ4v) is 2.86. The molecule has 1 unspecified atom stereocenters. The third-order valence-corrected chi connectivity index (χ3v) is 4.03. The summed E-state index contributed by atoms with van der Waals surface area (Å²) in [6, 6.07) is 14.6. The second-order valence-corrected chi connectivity index (χ2v) is 6.30. The molecule has 0 radical (unpaired) electrons. The topological polar surface area (TPSA) is 62.5 Å². The second-order valence-electron chi connectivity index (χ2n) is 6.30. The molecule has 1 heterocycles. The van der Waals surface area contributed by atoms with E-state index in [0.29, 0.717) is 17.1 Å². The Kier molecular flexibility index (Phi) is 4.04. The molecule has 0 saturated carbocycles. The monoisotopic (exact) mass is 321 g/mol.